The van der Waals surface area contributed by atoms with Gasteiger partial charge in [0.15, 0.2) is 0 Å². The highest BCUT2D eigenvalue weighted by Gasteiger charge is 2.34. The van der Waals surface area contributed by atoms with E-state index in [1.807, 2.05) is 20.3 Å². The van der Waals surface area contributed by atoms with Crippen molar-refractivity contribution in [1.29, 1.82) is 0 Å². The molecule has 0 radical (unpaired) electrons. The molecule has 88 valence electrons. The first-order valence-electron chi connectivity index (χ1n) is 5.48. The van der Waals surface area contributed by atoms with E-state index in [-0.39, 0.29) is 11.8 Å². The third kappa shape index (κ3) is 2.09. The lowest BCUT2D eigenvalue weighted by Crippen LogP contribution is -2.39. The average molecular weight is 223 g/mol. The number of piperidine rings is 1. The van der Waals surface area contributed by atoms with Crippen molar-refractivity contribution in [3.8, 4) is 0 Å². The second-order valence-electron chi connectivity index (χ2n) is 4.55. The first-order chi connectivity index (χ1) is 7.58. The lowest BCUT2D eigenvalue weighted by Gasteiger charge is -2.34. The number of aromatic nitrogens is 2. The fourth-order valence-electron chi connectivity index (χ4n) is 2.38. The molecule has 2 unspecified atom stereocenters. The molecular formula is C11H17N3O2. The van der Waals surface area contributed by atoms with Gasteiger partial charge < -0.3 is 10.0 Å². The molecule has 2 heterocycles. The topological polar surface area (TPSA) is 58.4 Å². The maximum absolute atomic E-state index is 11.2. The molecule has 0 saturated carbocycles. The lowest BCUT2D eigenvalue weighted by atomic mass is 9.82. The van der Waals surface area contributed by atoms with Gasteiger partial charge in [0.1, 0.15) is 0 Å². The third-order valence-electron chi connectivity index (χ3n) is 3.29. The van der Waals surface area contributed by atoms with Crippen LogP contribution in [0.15, 0.2) is 12.4 Å². The van der Waals surface area contributed by atoms with E-state index in [2.05, 4.69) is 10.00 Å². The van der Waals surface area contributed by atoms with E-state index in [4.69, 9.17) is 0 Å². The summed E-state index contributed by atoms with van der Waals surface area (Å²) in [5.74, 6) is -0.910. The predicted molar refractivity (Wildman–Crippen MR) is 59.2 cm³/mol. The van der Waals surface area contributed by atoms with Crippen LogP contribution in [0.4, 0.5) is 0 Å². The van der Waals surface area contributed by atoms with Crippen molar-refractivity contribution in [2.24, 2.45) is 13.0 Å². The van der Waals surface area contributed by atoms with E-state index in [1.165, 1.54) is 0 Å². The largest absolute Gasteiger partial charge is 0.481 e. The Hall–Kier alpha value is -1.36. The maximum atomic E-state index is 11.2. The van der Waals surface area contributed by atoms with E-state index >= 15 is 0 Å². The molecule has 1 fully saturated rings. The quantitative estimate of drug-likeness (QED) is 0.795. The number of hydrogen-bond acceptors (Lipinski definition) is 3. The number of aryl methyl sites for hydroxylation is 1. The number of carboxylic acid groups (broad SMARTS) is 1. The molecule has 0 aromatic carbocycles. The lowest BCUT2D eigenvalue weighted by molar-refractivity contribution is -0.144. The molecule has 0 bridgehead atoms. The standard InChI is InChI=1S/C11H17N3O2/c1-13-4-3-9(11(15)16)10(7-13)8-5-12-14(2)6-8/h5-6,9-10H,3-4,7H2,1-2H3,(H,15,16). The molecular weight excluding hydrogens is 206 g/mol. The monoisotopic (exact) mass is 223 g/mol. The van der Waals surface area contributed by atoms with Crippen molar-refractivity contribution >= 4 is 5.97 Å². The first kappa shape index (κ1) is 11.1. The van der Waals surface area contributed by atoms with Crippen molar-refractivity contribution in [3.05, 3.63) is 18.0 Å². The number of aliphatic carboxylic acids is 1. The Bertz CT molecular complexity index is 388. The fraction of sp³-hybridized carbons (Fsp3) is 0.636. The van der Waals surface area contributed by atoms with Gasteiger partial charge in [0, 0.05) is 25.7 Å². The van der Waals surface area contributed by atoms with Crippen LogP contribution in [0.25, 0.3) is 0 Å². The smallest absolute Gasteiger partial charge is 0.307 e. The first-order valence-corrected chi connectivity index (χ1v) is 5.48. The van der Waals surface area contributed by atoms with Crippen LogP contribution in [0.3, 0.4) is 0 Å². The van der Waals surface area contributed by atoms with Crippen molar-refractivity contribution in [1.82, 2.24) is 14.7 Å². The van der Waals surface area contributed by atoms with Gasteiger partial charge in [0.2, 0.25) is 0 Å². The number of likely N-dealkylation sites (tertiary alicyclic amines) is 1. The zero-order chi connectivity index (χ0) is 11.7. The normalized spacial score (nSPS) is 26.9. The van der Waals surface area contributed by atoms with Gasteiger partial charge in [0.05, 0.1) is 12.1 Å². The minimum atomic E-state index is -0.693. The van der Waals surface area contributed by atoms with Gasteiger partial charge in [-0.2, -0.15) is 5.10 Å². The molecule has 0 spiro atoms. The molecule has 2 atom stereocenters. The Labute approximate surface area is 94.7 Å². The highest BCUT2D eigenvalue weighted by molar-refractivity contribution is 5.71. The fourth-order valence-corrected chi connectivity index (χ4v) is 2.38. The summed E-state index contributed by atoms with van der Waals surface area (Å²) >= 11 is 0. The average Bonchev–Trinajstić information content (AvgIpc) is 2.64. The van der Waals surface area contributed by atoms with Crippen LogP contribution >= 0.6 is 0 Å². The Kier molecular flexibility index (Phi) is 2.96. The van der Waals surface area contributed by atoms with Crippen LogP contribution in [-0.4, -0.2) is 45.9 Å². The molecule has 1 aliphatic heterocycles. The highest BCUT2D eigenvalue weighted by atomic mass is 16.4. The number of carboxylic acids is 1. The van der Waals surface area contributed by atoms with Crippen molar-refractivity contribution in [2.75, 3.05) is 20.1 Å². The molecule has 1 aliphatic rings. The second kappa shape index (κ2) is 4.25. The summed E-state index contributed by atoms with van der Waals surface area (Å²) in [4.78, 5) is 13.4. The molecule has 5 nitrogen and oxygen atoms in total. The minimum Gasteiger partial charge on any atom is -0.481 e. The Morgan fingerprint density at radius 3 is 2.88 bits per heavy atom. The van der Waals surface area contributed by atoms with E-state index in [0.717, 1.165) is 18.7 Å². The molecule has 0 amide bonds. The number of nitrogens with zero attached hydrogens (tertiary/aromatic N) is 3. The predicted octanol–water partition coefficient (Wildman–Crippen LogP) is 0.540. The second-order valence-corrected chi connectivity index (χ2v) is 4.55. The summed E-state index contributed by atoms with van der Waals surface area (Å²) in [6, 6.07) is 0. The molecule has 2 rings (SSSR count). The van der Waals surface area contributed by atoms with E-state index in [1.54, 1.807) is 10.9 Å². The Morgan fingerprint density at radius 2 is 2.31 bits per heavy atom. The summed E-state index contributed by atoms with van der Waals surface area (Å²) in [6.07, 6.45) is 4.41. The zero-order valence-electron chi connectivity index (χ0n) is 9.63. The Balaban J connectivity index is 2.23. The van der Waals surface area contributed by atoms with Gasteiger partial charge in [-0.25, -0.2) is 0 Å². The molecule has 0 aliphatic carbocycles. The number of carbonyl (C=O) groups is 1. The van der Waals surface area contributed by atoms with Gasteiger partial charge >= 0.3 is 5.97 Å². The van der Waals surface area contributed by atoms with Gasteiger partial charge in [0.25, 0.3) is 0 Å². The number of rotatable bonds is 2. The van der Waals surface area contributed by atoms with Gasteiger partial charge in [-0.15, -0.1) is 0 Å². The maximum Gasteiger partial charge on any atom is 0.307 e. The van der Waals surface area contributed by atoms with Crippen molar-refractivity contribution < 1.29 is 9.90 Å². The van der Waals surface area contributed by atoms with Crippen LogP contribution in [-0.2, 0) is 11.8 Å². The van der Waals surface area contributed by atoms with Crippen molar-refractivity contribution in [3.63, 3.8) is 0 Å². The van der Waals surface area contributed by atoms with E-state index < -0.39 is 5.97 Å². The van der Waals surface area contributed by atoms with Crippen LogP contribution in [0.2, 0.25) is 0 Å². The van der Waals surface area contributed by atoms with Crippen LogP contribution in [0, 0.1) is 5.92 Å². The summed E-state index contributed by atoms with van der Waals surface area (Å²) in [6.45, 7) is 1.65. The summed E-state index contributed by atoms with van der Waals surface area (Å²) in [5, 5.41) is 13.3. The molecule has 1 saturated heterocycles. The molecule has 1 N–H and O–H groups in total. The van der Waals surface area contributed by atoms with Crippen LogP contribution < -0.4 is 0 Å². The zero-order valence-corrected chi connectivity index (χ0v) is 9.63. The molecule has 5 heteroatoms. The SMILES string of the molecule is CN1CCC(C(=O)O)C(c2cnn(C)c2)C1. The molecule has 16 heavy (non-hydrogen) atoms. The van der Waals surface area contributed by atoms with E-state index in [9.17, 15) is 9.90 Å². The van der Waals surface area contributed by atoms with Crippen LogP contribution in [0.5, 0.6) is 0 Å². The summed E-state index contributed by atoms with van der Waals surface area (Å²) in [7, 11) is 3.88. The highest BCUT2D eigenvalue weighted by Crippen LogP contribution is 2.31. The van der Waals surface area contributed by atoms with Gasteiger partial charge in [-0.05, 0) is 25.6 Å². The van der Waals surface area contributed by atoms with Gasteiger partial charge in [-0.1, -0.05) is 0 Å². The summed E-state index contributed by atoms with van der Waals surface area (Å²) < 4.78 is 1.73. The van der Waals surface area contributed by atoms with Gasteiger partial charge in [-0.3, -0.25) is 9.48 Å². The van der Waals surface area contributed by atoms with E-state index in [0.29, 0.717) is 6.42 Å². The molecule has 1 aromatic rings. The number of hydrogen-bond donors (Lipinski definition) is 1. The third-order valence-corrected chi connectivity index (χ3v) is 3.29. The summed E-state index contributed by atoms with van der Waals surface area (Å²) in [5.41, 5.74) is 1.03. The number of likely N-dealkylation sites (N-methyl/N-ethyl adjacent to an activating group) is 1. The van der Waals surface area contributed by atoms with Crippen molar-refractivity contribution in [2.45, 2.75) is 12.3 Å². The Morgan fingerprint density at radius 1 is 1.56 bits per heavy atom. The van der Waals surface area contributed by atoms with Crippen LogP contribution in [0.1, 0.15) is 17.9 Å². The molecule has 1 aromatic heterocycles. The minimum absolute atomic E-state index is 0.0601.